The lowest BCUT2D eigenvalue weighted by Crippen LogP contribution is -2.48. The van der Waals surface area contributed by atoms with Gasteiger partial charge >= 0.3 is 0 Å². The first-order valence-corrected chi connectivity index (χ1v) is 7.00. The smallest absolute Gasteiger partial charge is 0.219 e. The summed E-state index contributed by atoms with van der Waals surface area (Å²) in [6.45, 7) is 3.66. The molecule has 1 aliphatic rings. The van der Waals surface area contributed by atoms with Crippen LogP contribution in [0.15, 0.2) is 0 Å². The molecule has 1 saturated carbocycles. The molecule has 1 amide bonds. The van der Waals surface area contributed by atoms with Crippen LogP contribution in [0.1, 0.15) is 52.4 Å². The number of carbonyl (C=O) groups excluding carboxylic acids is 1. The van der Waals surface area contributed by atoms with E-state index in [9.17, 15) is 4.79 Å². The Labute approximate surface area is 110 Å². The molecule has 0 aromatic rings. The molecule has 17 heavy (non-hydrogen) atoms. The molecule has 98 valence electrons. The van der Waals surface area contributed by atoms with Gasteiger partial charge in [0.1, 0.15) is 0 Å². The average Bonchev–Trinajstić information content (AvgIpc) is 2.30. The molecule has 1 rings (SSSR count). The number of carbonyl (C=O) groups is 1. The molecular formula is C13H24N2OS. The zero-order valence-corrected chi connectivity index (χ0v) is 12.0. The molecule has 0 aliphatic heterocycles. The largest absolute Gasteiger partial charge is 0.375 e. The highest BCUT2D eigenvalue weighted by atomic mass is 32.1. The van der Waals surface area contributed by atoms with Gasteiger partial charge in [-0.05, 0) is 19.3 Å². The lowest BCUT2D eigenvalue weighted by Gasteiger charge is -2.31. The van der Waals surface area contributed by atoms with Crippen LogP contribution in [0, 0.1) is 0 Å². The minimum Gasteiger partial charge on any atom is -0.375 e. The Balaban J connectivity index is 2.50. The summed E-state index contributed by atoms with van der Waals surface area (Å²) in [5, 5.41) is 3.44. The number of nitrogens with zero attached hydrogens (tertiary/aromatic N) is 1. The number of rotatable bonds is 4. The number of hydrogen-bond donors (Lipinski definition) is 1. The summed E-state index contributed by atoms with van der Waals surface area (Å²) in [5.41, 5.74) is 0. The molecule has 1 N–H and O–H groups in total. The number of hydrogen-bond acceptors (Lipinski definition) is 2. The number of likely N-dealkylation sites (N-methyl/N-ethyl adjacent to an activating group) is 1. The Hall–Kier alpha value is -0.640. The van der Waals surface area contributed by atoms with E-state index in [-0.39, 0.29) is 11.9 Å². The summed E-state index contributed by atoms with van der Waals surface area (Å²) in [7, 11) is 1.82. The van der Waals surface area contributed by atoms with Crippen molar-refractivity contribution in [3.8, 4) is 0 Å². The van der Waals surface area contributed by atoms with Crippen molar-refractivity contribution in [2.24, 2.45) is 0 Å². The molecule has 1 unspecified atom stereocenters. The van der Waals surface area contributed by atoms with Crippen LogP contribution in [0.5, 0.6) is 0 Å². The Bertz CT molecular complexity index is 275. The van der Waals surface area contributed by atoms with E-state index in [1.165, 1.54) is 32.1 Å². The molecule has 0 bridgehead atoms. The van der Waals surface area contributed by atoms with E-state index in [2.05, 4.69) is 12.2 Å². The van der Waals surface area contributed by atoms with Crippen LogP contribution in [0.4, 0.5) is 0 Å². The van der Waals surface area contributed by atoms with E-state index in [1.807, 2.05) is 7.05 Å². The molecule has 0 radical (unpaired) electrons. The maximum atomic E-state index is 11.4. The van der Waals surface area contributed by atoms with Crippen LogP contribution in [0.2, 0.25) is 0 Å². The van der Waals surface area contributed by atoms with Gasteiger partial charge in [-0.1, -0.05) is 38.4 Å². The summed E-state index contributed by atoms with van der Waals surface area (Å²) < 4.78 is 0. The van der Waals surface area contributed by atoms with Crippen molar-refractivity contribution in [1.29, 1.82) is 0 Å². The summed E-state index contributed by atoms with van der Waals surface area (Å²) in [6.07, 6.45) is 7.21. The molecule has 0 aromatic carbocycles. The predicted molar refractivity (Wildman–Crippen MR) is 75.1 cm³/mol. The van der Waals surface area contributed by atoms with Crippen molar-refractivity contribution < 1.29 is 4.79 Å². The standard InChI is InChI=1S/C13H24N2OS/c1-4-12(15(3)10(2)16)13(17)14-11-8-6-5-7-9-11/h11-12H,4-9H2,1-3H3,(H,14,17). The Morgan fingerprint density at radius 1 is 1.41 bits per heavy atom. The summed E-state index contributed by atoms with van der Waals surface area (Å²) in [6, 6.07) is 0.565. The zero-order chi connectivity index (χ0) is 12.8. The second-order valence-electron chi connectivity index (χ2n) is 4.90. The Morgan fingerprint density at radius 2 is 2.00 bits per heavy atom. The fraction of sp³-hybridized carbons (Fsp3) is 0.846. The fourth-order valence-electron chi connectivity index (χ4n) is 2.40. The van der Waals surface area contributed by atoms with Gasteiger partial charge in [0.15, 0.2) is 0 Å². The van der Waals surface area contributed by atoms with Gasteiger partial charge in [0.05, 0.1) is 11.0 Å². The normalized spacial score (nSPS) is 18.5. The Kier molecular flexibility index (Phi) is 5.89. The first-order valence-electron chi connectivity index (χ1n) is 6.60. The minimum atomic E-state index is 0.0458. The number of amides is 1. The molecule has 1 fully saturated rings. The van der Waals surface area contributed by atoms with Crippen molar-refractivity contribution in [3.05, 3.63) is 0 Å². The van der Waals surface area contributed by atoms with Crippen molar-refractivity contribution in [1.82, 2.24) is 10.2 Å². The monoisotopic (exact) mass is 256 g/mol. The highest BCUT2D eigenvalue weighted by molar-refractivity contribution is 7.80. The van der Waals surface area contributed by atoms with Crippen LogP contribution in [-0.2, 0) is 4.79 Å². The molecule has 0 spiro atoms. The van der Waals surface area contributed by atoms with Crippen LogP contribution in [0.3, 0.4) is 0 Å². The van der Waals surface area contributed by atoms with E-state index in [0.29, 0.717) is 6.04 Å². The van der Waals surface area contributed by atoms with Gasteiger partial charge in [-0.3, -0.25) is 4.79 Å². The first-order chi connectivity index (χ1) is 8.06. The van der Waals surface area contributed by atoms with E-state index >= 15 is 0 Å². The quantitative estimate of drug-likeness (QED) is 0.784. The van der Waals surface area contributed by atoms with Crippen molar-refractivity contribution in [2.75, 3.05) is 7.05 Å². The van der Waals surface area contributed by atoms with Gasteiger partial charge in [-0.15, -0.1) is 0 Å². The second-order valence-corrected chi connectivity index (χ2v) is 5.34. The lowest BCUT2D eigenvalue weighted by molar-refractivity contribution is -0.128. The molecule has 4 heteroatoms. The van der Waals surface area contributed by atoms with Gasteiger partial charge in [0, 0.05) is 20.0 Å². The van der Waals surface area contributed by atoms with Gasteiger partial charge in [0.2, 0.25) is 5.91 Å². The maximum absolute atomic E-state index is 11.4. The Morgan fingerprint density at radius 3 is 2.47 bits per heavy atom. The molecule has 3 nitrogen and oxygen atoms in total. The van der Waals surface area contributed by atoms with Crippen molar-refractivity contribution in [2.45, 2.75) is 64.5 Å². The SMILES string of the molecule is CCC(C(=S)NC1CCCCC1)N(C)C(C)=O. The molecule has 0 saturated heterocycles. The van der Waals surface area contributed by atoms with E-state index in [4.69, 9.17) is 12.2 Å². The van der Waals surface area contributed by atoms with Crippen molar-refractivity contribution in [3.63, 3.8) is 0 Å². The molecule has 0 aromatic heterocycles. The predicted octanol–water partition coefficient (Wildman–Crippen LogP) is 2.49. The van der Waals surface area contributed by atoms with Gasteiger partial charge < -0.3 is 10.2 Å². The number of thiocarbonyl (C=S) groups is 1. The first kappa shape index (κ1) is 14.4. The minimum absolute atomic E-state index is 0.0458. The molecule has 0 heterocycles. The molecule has 1 atom stereocenters. The zero-order valence-electron chi connectivity index (χ0n) is 11.2. The van der Waals surface area contributed by atoms with Crippen LogP contribution < -0.4 is 5.32 Å². The molecule has 1 aliphatic carbocycles. The third kappa shape index (κ3) is 4.26. The van der Waals surface area contributed by atoms with Gasteiger partial charge in [-0.25, -0.2) is 0 Å². The van der Waals surface area contributed by atoms with E-state index < -0.39 is 0 Å². The highest BCUT2D eigenvalue weighted by Crippen LogP contribution is 2.18. The lowest BCUT2D eigenvalue weighted by atomic mass is 9.95. The van der Waals surface area contributed by atoms with Crippen LogP contribution in [-0.4, -0.2) is 34.9 Å². The van der Waals surface area contributed by atoms with Crippen molar-refractivity contribution >= 4 is 23.1 Å². The average molecular weight is 256 g/mol. The van der Waals surface area contributed by atoms with E-state index in [0.717, 1.165) is 11.4 Å². The summed E-state index contributed by atoms with van der Waals surface area (Å²) in [4.78, 5) is 13.9. The van der Waals surface area contributed by atoms with Gasteiger partial charge in [-0.2, -0.15) is 0 Å². The summed E-state index contributed by atoms with van der Waals surface area (Å²) in [5.74, 6) is 0.0737. The third-order valence-corrected chi connectivity index (χ3v) is 4.00. The molecular weight excluding hydrogens is 232 g/mol. The van der Waals surface area contributed by atoms with Gasteiger partial charge in [0.25, 0.3) is 0 Å². The van der Waals surface area contributed by atoms with Crippen LogP contribution in [0.25, 0.3) is 0 Å². The fourth-order valence-corrected chi connectivity index (χ4v) is 2.89. The van der Waals surface area contributed by atoms with Crippen LogP contribution >= 0.6 is 12.2 Å². The maximum Gasteiger partial charge on any atom is 0.219 e. The number of nitrogens with one attached hydrogen (secondary N) is 1. The summed E-state index contributed by atoms with van der Waals surface area (Å²) >= 11 is 5.45. The highest BCUT2D eigenvalue weighted by Gasteiger charge is 2.22. The third-order valence-electron chi connectivity index (χ3n) is 3.61. The topological polar surface area (TPSA) is 32.3 Å². The van der Waals surface area contributed by atoms with E-state index in [1.54, 1.807) is 11.8 Å². The second kappa shape index (κ2) is 6.94.